The SMILES string of the molecule is CS(=O)(=O)c1ccc(SC2CCCCNC2)cc1. The third kappa shape index (κ3) is 4.00. The second-order valence-electron chi connectivity index (χ2n) is 4.68. The maximum absolute atomic E-state index is 11.4. The fourth-order valence-electron chi connectivity index (χ4n) is 2.05. The van der Waals surface area contributed by atoms with E-state index in [4.69, 9.17) is 0 Å². The van der Waals surface area contributed by atoms with Crippen LogP contribution in [0, 0.1) is 0 Å². The highest BCUT2D eigenvalue weighted by Crippen LogP contribution is 2.28. The predicted octanol–water partition coefficient (Wildman–Crippen LogP) is 2.32. The fraction of sp³-hybridized carbons (Fsp3) is 0.538. The molecule has 0 saturated carbocycles. The third-order valence-electron chi connectivity index (χ3n) is 3.06. The minimum absolute atomic E-state index is 0.394. The number of rotatable bonds is 3. The van der Waals surface area contributed by atoms with E-state index in [0.717, 1.165) is 18.0 Å². The maximum Gasteiger partial charge on any atom is 0.175 e. The van der Waals surface area contributed by atoms with Gasteiger partial charge in [-0.25, -0.2) is 8.42 Å². The average molecular weight is 285 g/mol. The molecule has 5 heteroatoms. The van der Waals surface area contributed by atoms with E-state index in [0.29, 0.717) is 10.1 Å². The van der Waals surface area contributed by atoms with Gasteiger partial charge in [0.15, 0.2) is 9.84 Å². The summed E-state index contributed by atoms with van der Waals surface area (Å²) in [5, 5.41) is 4.03. The van der Waals surface area contributed by atoms with Crippen molar-refractivity contribution in [2.75, 3.05) is 19.3 Å². The summed E-state index contributed by atoms with van der Waals surface area (Å²) >= 11 is 1.84. The number of thioether (sulfide) groups is 1. The molecule has 0 aliphatic carbocycles. The van der Waals surface area contributed by atoms with Gasteiger partial charge in [-0.1, -0.05) is 6.42 Å². The number of hydrogen-bond acceptors (Lipinski definition) is 4. The van der Waals surface area contributed by atoms with Gasteiger partial charge >= 0.3 is 0 Å². The van der Waals surface area contributed by atoms with E-state index in [1.807, 2.05) is 23.9 Å². The van der Waals surface area contributed by atoms with E-state index in [1.54, 1.807) is 12.1 Å². The molecule has 18 heavy (non-hydrogen) atoms. The predicted molar refractivity (Wildman–Crippen MR) is 75.9 cm³/mol. The molecule has 1 aromatic rings. The van der Waals surface area contributed by atoms with Crippen LogP contribution < -0.4 is 5.32 Å². The van der Waals surface area contributed by atoms with Crippen LogP contribution in [-0.4, -0.2) is 33.0 Å². The molecule has 0 radical (unpaired) electrons. The zero-order chi connectivity index (χ0) is 13.0. The first-order valence-electron chi connectivity index (χ1n) is 6.23. The topological polar surface area (TPSA) is 46.2 Å². The molecule has 1 unspecified atom stereocenters. The highest BCUT2D eigenvalue weighted by molar-refractivity contribution is 8.00. The Labute approximate surface area is 113 Å². The summed E-state index contributed by atoms with van der Waals surface area (Å²) in [5.41, 5.74) is 0. The van der Waals surface area contributed by atoms with Crippen molar-refractivity contribution in [3.05, 3.63) is 24.3 Å². The second-order valence-corrected chi connectivity index (χ2v) is 8.07. The summed E-state index contributed by atoms with van der Waals surface area (Å²) in [4.78, 5) is 1.54. The molecule has 0 amide bonds. The Hall–Kier alpha value is -0.520. The Morgan fingerprint density at radius 1 is 1.22 bits per heavy atom. The van der Waals surface area contributed by atoms with Gasteiger partial charge in [0.05, 0.1) is 4.90 Å². The molecule has 0 aromatic heterocycles. The summed E-state index contributed by atoms with van der Waals surface area (Å²) in [5.74, 6) is 0. The van der Waals surface area contributed by atoms with E-state index in [-0.39, 0.29) is 0 Å². The minimum Gasteiger partial charge on any atom is -0.316 e. The molecule has 1 N–H and O–H groups in total. The van der Waals surface area contributed by atoms with Crippen molar-refractivity contribution in [2.24, 2.45) is 0 Å². The van der Waals surface area contributed by atoms with Crippen molar-refractivity contribution in [3.8, 4) is 0 Å². The maximum atomic E-state index is 11.4. The smallest absolute Gasteiger partial charge is 0.175 e. The molecule has 1 atom stereocenters. The number of hydrogen-bond donors (Lipinski definition) is 1. The Morgan fingerprint density at radius 2 is 1.94 bits per heavy atom. The van der Waals surface area contributed by atoms with Gasteiger partial charge in [-0.2, -0.15) is 0 Å². The van der Waals surface area contributed by atoms with Crippen LogP contribution in [-0.2, 0) is 9.84 Å². The van der Waals surface area contributed by atoms with E-state index in [2.05, 4.69) is 5.32 Å². The van der Waals surface area contributed by atoms with Gasteiger partial charge in [0.1, 0.15) is 0 Å². The van der Waals surface area contributed by atoms with E-state index < -0.39 is 9.84 Å². The van der Waals surface area contributed by atoms with Crippen LogP contribution in [0.1, 0.15) is 19.3 Å². The minimum atomic E-state index is -3.08. The van der Waals surface area contributed by atoms with Crippen molar-refractivity contribution in [3.63, 3.8) is 0 Å². The first-order valence-corrected chi connectivity index (χ1v) is 9.00. The highest BCUT2D eigenvalue weighted by Gasteiger charge is 2.13. The first-order chi connectivity index (χ1) is 8.55. The average Bonchev–Trinajstić information content (AvgIpc) is 2.57. The second kappa shape index (κ2) is 6.08. The number of nitrogens with one attached hydrogen (secondary N) is 1. The normalized spacial score (nSPS) is 21.5. The van der Waals surface area contributed by atoms with Crippen LogP contribution in [0.4, 0.5) is 0 Å². The van der Waals surface area contributed by atoms with Crippen molar-refractivity contribution in [2.45, 2.75) is 34.3 Å². The van der Waals surface area contributed by atoms with Crippen molar-refractivity contribution < 1.29 is 8.42 Å². The summed E-state index contributed by atoms with van der Waals surface area (Å²) in [6.07, 6.45) is 4.99. The lowest BCUT2D eigenvalue weighted by Crippen LogP contribution is -2.22. The van der Waals surface area contributed by atoms with Crippen molar-refractivity contribution in [1.82, 2.24) is 5.32 Å². The molecular weight excluding hydrogens is 266 g/mol. The molecule has 1 saturated heterocycles. The van der Waals surface area contributed by atoms with Gasteiger partial charge < -0.3 is 5.32 Å². The number of sulfone groups is 1. The standard InChI is InChI=1S/C13H19NO2S2/c1-18(15,16)13-7-5-11(6-8-13)17-12-4-2-3-9-14-10-12/h5-8,12,14H,2-4,9-10H2,1H3. The van der Waals surface area contributed by atoms with Crippen molar-refractivity contribution in [1.29, 1.82) is 0 Å². The Kier molecular flexibility index (Phi) is 4.70. The van der Waals surface area contributed by atoms with E-state index >= 15 is 0 Å². The summed E-state index contributed by atoms with van der Waals surface area (Å²) in [6, 6.07) is 7.21. The first kappa shape index (κ1) is 13.9. The molecule has 0 spiro atoms. The molecule has 1 aliphatic heterocycles. The number of benzene rings is 1. The largest absolute Gasteiger partial charge is 0.316 e. The molecule has 2 rings (SSSR count). The van der Waals surface area contributed by atoms with Gasteiger partial charge in [0, 0.05) is 22.9 Å². The Balaban J connectivity index is 2.01. The van der Waals surface area contributed by atoms with Crippen LogP contribution in [0.2, 0.25) is 0 Å². The van der Waals surface area contributed by atoms with Gasteiger partial charge in [-0.3, -0.25) is 0 Å². The summed E-state index contributed by atoms with van der Waals surface area (Å²) in [7, 11) is -3.08. The zero-order valence-electron chi connectivity index (χ0n) is 10.6. The lowest BCUT2D eigenvalue weighted by molar-refractivity contribution is 0.602. The summed E-state index contributed by atoms with van der Waals surface area (Å²) in [6.45, 7) is 2.16. The molecule has 1 fully saturated rings. The molecule has 1 heterocycles. The Bertz CT molecular complexity index is 474. The van der Waals surface area contributed by atoms with Crippen LogP contribution in [0.3, 0.4) is 0 Å². The molecular formula is C13H19NO2S2. The zero-order valence-corrected chi connectivity index (χ0v) is 12.2. The molecule has 3 nitrogen and oxygen atoms in total. The summed E-state index contributed by atoms with van der Waals surface area (Å²) < 4.78 is 22.7. The van der Waals surface area contributed by atoms with E-state index in [9.17, 15) is 8.42 Å². The van der Waals surface area contributed by atoms with Crippen LogP contribution in [0.15, 0.2) is 34.1 Å². The lowest BCUT2D eigenvalue weighted by Gasteiger charge is -2.13. The third-order valence-corrected chi connectivity index (χ3v) is 5.46. The van der Waals surface area contributed by atoms with E-state index in [1.165, 1.54) is 25.5 Å². The molecule has 100 valence electrons. The molecule has 1 aromatic carbocycles. The molecule has 0 bridgehead atoms. The molecule has 1 aliphatic rings. The Morgan fingerprint density at radius 3 is 2.61 bits per heavy atom. The fourth-order valence-corrected chi connectivity index (χ4v) is 3.84. The lowest BCUT2D eigenvalue weighted by atomic mass is 10.2. The van der Waals surface area contributed by atoms with Crippen LogP contribution in [0.25, 0.3) is 0 Å². The van der Waals surface area contributed by atoms with Gasteiger partial charge in [0.2, 0.25) is 0 Å². The highest BCUT2D eigenvalue weighted by atomic mass is 32.2. The monoisotopic (exact) mass is 285 g/mol. The van der Waals surface area contributed by atoms with Crippen LogP contribution in [0.5, 0.6) is 0 Å². The van der Waals surface area contributed by atoms with Crippen molar-refractivity contribution >= 4 is 21.6 Å². The quantitative estimate of drug-likeness (QED) is 0.926. The van der Waals surface area contributed by atoms with Crippen LogP contribution >= 0.6 is 11.8 Å². The van der Waals surface area contributed by atoms with Gasteiger partial charge in [0.25, 0.3) is 0 Å². The van der Waals surface area contributed by atoms with Gasteiger partial charge in [-0.15, -0.1) is 11.8 Å². The van der Waals surface area contributed by atoms with Gasteiger partial charge in [-0.05, 0) is 43.7 Å².